The van der Waals surface area contributed by atoms with Crippen molar-refractivity contribution < 1.29 is 13.4 Å². The number of hydrogen-bond acceptors (Lipinski definition) is 2. The maximum absolute atomic E-state index is 12.8. The molecule has 0 saturated heterocycles. The quantitative estimate of drug-likeness (QED) is 0.514. The van der Waals surface area contributed by atoms with Crippen molar-refractivity contribution >= 4 is 74.4 Å². The summed E-state index contributed by atoms with van der Waals surface area (Å²) in [4.78, 5) is 10.8. The molecule has 0 spiro atoms. The molecule has 2 nitrogen and oxygen atoms in total. The van der Waals surface area contributed by atoms with Crippen LogP contribution in [0.5, 0.6) is 0 Å². The minimum Gasteiger partial charge on any atom is -0.281 e. The van der Waals surface area contributed by atoms with Gasteiger partial charge in [0.1, 0.15) is 5.82 Å². The van der Waals surface area contributed by atoms with Crippen molar-refractivity contribution in [1.29, 1.82) is 0 Å². The van der Waals surface area contributed by atoms with E-state index in [1.165, 1.54) is 6.07 Å². The molecule has 0 aliphatic heterocycles. The Morgan fingerprint density at radius 1 is 1.25 bits per heavy atom. The third-order valence-corrected chi connectivity index (χ3v) is 2.25. The molecule has 0 saturated carbocycles. The summed E-state index contributed by atoms with van der Waals surface area (Å²) < 4.78 is 21.4. The first-order valence-electron chi connectivity index (χ1n) is 3.34. The third-order valence-electron chi connectivity index (χ3n) is 1.22. The fourth-order valence-electron chi connectivity index (χ4n) is 0.673. The molecule has 90 valence electrons. The van der Waals surface area contributed by atoms with Gasteiger partial charge in [-0.05, 0) is 28.1 Å². The smallest absolute Gasteiger partial charge is 0.229 e. The highest BCUT2D eigenvalue weighted by atomic mass is 79.9. The van der Waals surface area contributed by atoms with Crippen LogP contribution in [0, 0.1) is 5.82 Å². The van der Waals surface area contributed by atoms with E-state index in [2.05, 4.69) is 37.3 Å². The molecule has 0 bridgehead atoms. The van der Waals surface area contributed by atoms with Gasteiger partial charge < -0.3 is 0 Å². The molecule has 0 aromatic heterocycles. The molecular weight excluding hydrogens is 389 g/mol. The van der Waals surface area contributed by atoms with E-state index in [0.717, 1.165) is 6.07 Å². The molecule has 0 aliphatic rings. The van der Waals surface area contributed by atoms with E-state index in [-0.39, 0.29) is 15.6 Å². The largest absolute Gasteiger partial charge is 0.281 e. The summed E-state index contributed by atoms with van der Waals surface area (Å²) in [6.07, 6.45) is 0. The van der Waals surface area contributed by atoms with Gasteiger partial charge in [0.05, 0.1) is 15.6 Å². The molecule has 0 radical (unpaired) electrons. The molecule has 1 aromatic carbocycles. The Balaban J connectivity index is 0.000000487. The van der Waals surface area contributed by atoms with E-state index in [9.17, 15) is 9.18 Å². The summed E-state index contributed by atoms with van der Waals surface area (Å²) in [5.74, 6) is -0.663. The zero-order chi connectivity index (χ0) is 12.9. The maximum atomic E-state index is 12.8. The van der Waals surface area contributed by atoms with Crippen LogP contribution in [0.2, 0.25) is 10.0 Å². The average molecular weight is 391 g/mol. The average Bonchev–Trinajstić information content (AvgIpc) is 2.09. The Hall–Kier alpha value is 0.610. The van der Waals surface area contributed by atoms with Crippen LogP contribution < -0.4 is 0 Å². The highest BCUT2D eigenvalue weighted by Gasteiger charge is 2.11. The van der Waals surface area contributed by atoms with Crippen LogP contribution in [0.25, 0.3) is 0 Å². The van der Waals surface area contributed by atoms with Crippen LogP contribution in [0.15, 0.2) is 12.1 Å². The second-order valence-electron chi connectivity index (χ2n) is 2.20. The lowest BCUT2D eigenvalue weighted by molar-refractivity contribution is 0.109. The molecule has 9 heteroatoms. The van der Waals surface area contributed by atoms with Gasteiger partial charge in [-0.3, -0.25) is 4.79 Å². The molecule has 0 unspecified atom stereocenters. The Morgan fingerprint density at radius 3 is 2.06 bits per heavy atom. The Morgan fingerprint density at radius 2 is 1.69 bits per heavy atom. The van der Waals surface area contributed by atoms with Crippen molar-refractivity contribution in [2.24, 2.45) is 0 Å². The van der Waals surface area contributed by atoms with Crippen LogP contribution in [-0.4, -0.2) is 8.90 Å². The topological polar surface area (TPSA) is 34.1 Å². The first kappa shape index (κ1) is 16.6. The fourth-order valence-corrected chi connectivity index (χ4v) is 1.58. The molecule has 1 aromatic rings. The predicted octanol–water partition coefficient (Wildman–Crippen LogP) is 4.71. The fraction of sp³-hybridized carbons (Fsp3) is 0. The summed E-state index contributed by atoms with van der Waals surface area (Å²) in [5, 5.41) is 0.0285. The van der Waals surface area contributed by atoms with Gasteiger partial charge >= 0.3 is 0 Å². The summed E-state index contributed by atoms with van der Waals surface area (Å²) in [7, 11) is 7.36. The molecule has 0 heterocycles. The lowest BCUT2D eigenvalue weighted by Gasteiger charge is -1.99. The van der Waals surface area contributed by atoms with Gasteiger partial charge in [0.25, 0.3) is 0 Å². The number of carbonyl (C=O) groups is 1. The number of carbonyl (C=O) groups excluding carboxylic acids is 1. The Kier molecular flexibility index (Phi) is 8.14. The van der Waals surface area contributed by atoms with Crippen molar-refractivity contribution in [2.75, 3.05) is 0 Å². The number of halogens is 6. The van der Waals surface area contributed by atoms with Gasteiger partial charge in [-0.25, -0.2) is 8.60 Å². The van der Waals surface area contributed by atoms with E-state index in [1.807, 2.05) is 0 Å². The number of hydrogen-bond donors (Lipinski definition) is 0. The SMILES string of the molecule is O=C(Br)c1cc(F)c(Cl)cc1Cl.O=S(Cl)Cl. The second kappa shape index (κ2) is 7.84. The summed E-state index contributed by atoms with van der Waals surface area (Å²) in [6.45, 7) is 0. The van der Waals surface area contributed by atoms with Crippen molar-refractivity contribution in [3.63, 3.8) is 0 Å². The maximum Gasteiger partial charge on any atom is 0.229 e. The predicted molar refractivity (Wildman–Crippen MR) is 69.5 cm³/mol. The molecular formula is C7H2BrCl4FO2S. The van der Waals surface area contributed by atoms with E-state index in [4.69, 9.17) is 27.4 Å². The number of benzene rings is 1. The van der Waals surface area contributed by atoms with Crippen molar-refractivity contribution in [3.05, 3.63) is 33.6 Å². The lowest BCUT2D eigenvalue weighted by atomic mass is 10.2. The minimum absolute atomic E-state index is 0.0681. The van der Waals surface area contributed by atoms with Crippen LogP contribution in [-0.2, 0) is 9.23 Å². The van der Waals surface area contributed by atoms with Gasteiger partial charge in [0, 0.05) is 21.4 Å². The van der Waals surface area contributed by atoms with Crippen LogP contribution in [0.1, 0.15) is 10.4 Å². The molecule has 0 aliphatic carbocycles. The molecule has 0 fully saturated rings. The van der Waals surface area contributed by atoms with Gasteiger partial charge in [-0.15, -0.1) is 0 Å². The number of rotatable bonds is 1. The van der Waals surface area contributed by atoms with E-state index in [0.29, 0.717) is 0 Å². The van der Waals surface area contributed by atoms with Gasteiger partial charge in [-0.2, -0.15) is 0 Å². The van der Waals surface area contributed by atoms with Gasteiger partial charge in [0.15, 0.2) is 0 Å². The Bertz CT molecular complexity index is 425. The highest BCUT2D eigenvalue weighted by Crippen LogP contribution is 2.25. The van der Waals surface area contributed by atoms with Crippen molar-refractivity contribution in [3.8, 4) is 0 Å². The monoisotopic (exact) mass is 388 g/mol. The highest BCUT2D eigenvalue weighted by molar-refractivity contribution is 9.18. The van der Waals surface area contributed by atoms with Gasteiger partial charge in [-0.1, -0.05) is 23.2 Å². The lowest BCUT2D eigenvalue weighted by Crippen LogP contribution is -1.91. The van der Waals surface area contributed by atoms with Gasteiger partial charge in [0.2, 0.25) is 13.9 Å². The zero-order valence-corrected chi connectivity index (χ0v) is 12.6. The molecule has 0 atom stereocenters. The van der Waals surface area contributed by atoms with Crippen molar-refractivity contribution in [1.82, 2.24) is 0 Å². The van der Waals surface area contributed by atoms with Crippen LogP contribution in [0.3, 0.4) is 0 Å². The van der Waals surface area contributed by atoms with E-state index in [1.54, 1.807) is 0 Å². The summed E-state index contributed by atoms with van der Waals surface area (Å²) >= 11 is 13.7. The molecule has 1 rings (SSSR count). The van der Waals surface area contributed by atoms with E-state index < -0.39 is 19.7 Å². The molecule has 0 N–H and O–H groups in total. The van der Waals surface area contributed by atoms with Crippen LogP contribution >= 0.6 is 60.5 Å². The first-order valence-corrected chi connectivity index (χ1v) is 7.69. The minimum atomic E-state index is -1.67. The third kappa shape index (κ3) is 6.37. The second-order valence-corrected chi connectivity index (χ2v) is 6.26. The summed E-state index contributed by atoms with van der Waals surface area (Å²) in [6, 6.07) is 2.18. The first-order chi connectivity index (χ1) is 7.25. The zero-order valence-electron chi connectivity index (χ0n) is 7.15. The summed E-state index contributed by atoms with van der Waals surface area (Å²) in [5.41, 5.74) is 0.0681. The normalized spacial score (nSPS) is 9.69. The Labute approximate surface area is 121 Å². The van der Waals surface area contributed by atoms with E-state index >= 15 is 0 Å². The van der Waals surface area contributed by atoms with Crippen LogP contribution in [0.4, 0.5) is 4.39 Å². The standard InChI is InChI=1S/C7H2BrCl2FO.Cl2OS/c8-7(12)3-1-6(11)5(10)2-4(3)9;1-4(2)3/h1-2H;. The molecule has 16 heavy (non-hydrogen) atoms. The van der Waals surface area contributed by atoms with Crippen molar-refractivity contribution in [2.45, 2.75) is 0 Å². The molecule has 0 amide bonds.